The number of alkyl halides is 3. The summed E-state index contributed by atoms with van der Waals surface area (Å²) in [6.07, 6.45) is -1.51. The number of hydrogen-bond acceptors (Lipinski definition) is 6. The topological polar surface area (TPSA) is 118 Å². The third-order valence-electron chi connectivity index (χ3n) is 9.34. The van der Waals surface area contributed by atoms with Crippen LogP contribution in [0.5, 0.6) is 5.75 Å². The fourth-order valence-corrected chi connectivity index (χ4v) is 7.08. The lowest BCUT2D eigenvalue weighted by molar-refractivity contribution is -0.162. The predicted molar refractivity (Wildman–Crippen MR) is 148 cm³/mol. The number of aryl methyl sites for hydroxylation is 1. The number of benzene rings is 1. The molecule has 10 nitrogen and oxygen atoms in total. The summed E-state index contributed by atoms with van der Waals surface area (Å²) in [5, 5.41) is 17.7. The van der Waals surface area contributed by atoms with E-state index in [9.17, 15) is 32.7 Å². The van der Waals surface area contributed by atoms with Gasteiger partial charge in [0.2, 0.25) is 11.8 Å². The summed E-state index contributed by atoms with van der Waals surface area (Å²) in [6.45, 7) is 3.75. The summed E-state index contributed by atoms with van der Waals surface area (Å²) >= 11 is 6.62. The Kier molecular flexibility index (Phi) is 8.40. The van der Waals surface area contributed by atoms with Gasteiger partial charge in [0.25, 0.3) is 0 Å². The zero-order valence-corrected chi connectivity index (χ0v) is 25.0. The van der Waals surface area contributed by atoms with Crippen molar-refractivity contribution in [1.29, 1.82) is 0 Å². The van der Waals surface area contributed by atoms with E-state index in [1.807, 2.05) is 6.92 Å². The van der Waals surface area contributed by atoms with E-state index >= 15 is 0 Å². The van der Waals surface area contributed by atoms with Crippen LogP contribution in [0.15, 0.2) is 12.1 Å². The molecule has 1 saturated heterocycles. The van der Waals surface area contributed by atoms with Crippen molar-refractivity contribution >= 4 is 29.4 Å². The molecule has 1 aromatic heterocycles. The Morgan fingerprint density at radius 2 is 1.95 bits per heavy atom. The Morgan fingerprint density at radius 1 is 1.21 bits per heavy atom. The number of amides is 2. The van der Waals surface area contributed by atoms with E-state index in [1.165, 1.54) is 0 Å². The van der Waals surface area contributed by atoms with Crippen LogP contribution in [0.4, 0.5) is 13.2 Å². The number of carboxylic acid groups (broad SMARTS) is 1. The fraction of sp³-hybridized carbons (Fsp3) is 0.621. The molecule has 0 radical (unpaired) electrons. The Morgan fingerprint density at radius 3 is 2.60 bits per heavy atom. The van der Waals surface area contributed by atoms with Crippen molar-refractivity contribution in [3.8, 4) is 5.75 Å². The Labute approximate surface area is 252 Å². The minimum atomic E-state index is -4.70. The third kappa shape index (κ3) is 5.67. The second-order valence-electron chi connectivity index (χ2n) is 12.0. The molecular formula is C29H35ClF3N5O5. The quantitative estimate of drug-likeness (QED) is 0.476. The largest absolute Gasteiger partial charge is 0.487 e. The van der Waals surface area contributed by atoms with E-state index in [2.05, 4.69) is 10.3 Å². The van der Waals surface area contributed by atoms with Gasteiger partial charge in [-0.25, -0.2) is 4.68 Å². The summed E-state index contributed by atoms with van der Waals surface area (Å²) in [5.41, 5.74) is -1.50. The van der Waals surface area contributed by atoms with Gasteiger partial charge in [0.05, 0.1) is 17.4 Å². The second-order valence-corrected chi connectivity index (χ2v) is 12.4. The minimum absolute atomic E-state index is 0.0635. The molecule has 3 heterocycles. The van der Waals surface area contributed by atoms with Crippen LogP contribution in [0.25, 0.3) is 0 Å². The van der Waals surface area contributed by atoms with Crippen LogP contribution in [-0.2, 0) is 40.6 Å². The van der Waals surface area contributed by atoms with Crippen LogP contribution in [0.3, 0.4) is 0 Å². The maximum atomic E-state index is 14.3. The minimum Gasteiger partial charge on any atom is -0.487 e. The number of aromatic nitrogens is 3. The van der Waals surface area contributed by atoms with Crippen molar-refractivity contribution in [3.63, 3.8) is 0 Å². The zero-order chi connectivity index (χ0) is 31.3. The number of likely N-dealkylation sites (tertiary alicyclic amines) is 1. The van der Waals surface area contributed by atoms with Gasteiger partial charge in [-0.2, -0.15) is 13.2 Å². The van der Waals surface area contributed by atoms with Gasteiger partial charge in [-0.05, 0) is 50.3 Å². The maximum absolute atomic E-state index is 14.3. The van der Waals surface area contributed by atoms with Crippen LogP contribution in [0.2, 0.25) is 5.02 Å². The lowest BCUT2D eigenvalue weighted by atomic mass is 9.66. The molecule has 43 heavy (non-hydrogen) atoms. The number of rotatable bonds is 7. The van der Waals surface area contributed by atoms with Gasteiger partial charge in [0.1, 0.15) is 18.1 Å². The van der Waals surface area contributed by atoms with E-state index in [0.717, 1.165) is 13.5 Å². The molecular weight excluding hydrogens is 591 g/mol. The van der Waals surface area contributed by atoms with Crippen molar-refractivity contribution in [2.24, 2.45) is 24.3 Å². The first-order valence-corrected chi connectivity index (χ1v) is 14.8. The molecule has 2 aromatic rings. The monoisotopic (exact) mass is 625 g/mol. The second kappa shape index (κ2) is 11.6. The number of carbonyl (C=O) groups is 3. The molecule has 1 aromatic carbocycles. The van der Waals surface area contributed by atoms with E-state index in [-0.39, 0.29) is 36.6 Å². The number of hydrogen-bond donors (Lipinski definition) is 1. The highest BCUT2D eigenvalue weighted by molar-refractivity contribution is 6.31. The summed E-state index contributed by atoms with van der Waals surface area (Å²) in [7, 11) is 1.15. The molecule has 5 rings (SSSR count). The fourth-order valence-electron chi connectivity index (χ4n) is 6.82. The van der Waals surface area contributed by atoms with E-state index < -0.39 is 47.5 Å². The SMILES string of the molecule is C[C@H]1CCN(C[C@@H]2c3c(OCc4nnn(C)c4C(F)(F)F)ccc(Cl)c3CCN2C(=O)C2CCCCC2(C)C(=O)O)C1=O. The molecule has 4 atom stereocenters. The summed E-state index contributed by atoms with van der Waals surface area (Å²) in [5.74, 6) is -2.16. The van der Waals surface area contributed by atoms with Crippen LogP contribution in [0.1, 0.15) is 74.5 Å². The molecule has 0 bridgehead atoms. The van der Waals surface area contributed by atoms with Gasteiger partial charge in [-0.1, -0.05) is 36.6 Å². The van der Waals surface area contributed by atoms with Crippen LogP contribution < -0.4 is 4.74 Å². The number of fused-ring (bicyclic) bond motifs is 1. The van der Waals surface area contributed by atoms with Crippen molar-refractivity contribution in [2.45, 2.75) is 71.2 Å². The average Bonchev–Trinajstić information content (AvgIpc) is 3.49. The first kappa shape index (κ1) is 31.1. The van der Waals surface area contributed by atoms with Crippen molar-refractivity contribution < 1.29 is 37.4 Å². The smallest absolute Gasteiger partial charge is 0.435 e. The van der Waals surface area contributed by atoms with Crippen LogP contribution in [-0.4, -0.2) is 67.3 Å². The maximum Gasteiger partial charge on any atom is 0.435 e. The first-order valence-electron chi connectivity index (χ1n) is 14.5. The van der Waals surface area contributed by atoms with Crippen LogP contribution in [0, 0.1) is 17.3 Å². The predicted octanol–water partition coefficient (Wildman–Crippen LogP) is 4.64. The van der Waals surface area contributed by atoms with E-state index in [1.54, 1.807) is 28.9 Å². The summed E-state index contributed by atoms with van der Waals surface area (Å²) < 4.78 is 47.7. The van der Waals surface area contributed by atoms with Gasteiger partial charge in [-0.3, -0.25) is 14.4 Å². The standard InChI is InChI=1S/C29H35ClF3N5O5/c1-16-9-12-37(25(16)39)14-21-23-17(10-13-38(21)26(40)18-6-4-5-11-28(18,2)27(41)42)19(30)7-8-22(23)43-15-20-24(29(31,32)33)36(3)35-34-20/h7-8,16,18,21H,4-6,9-15H2,1-3H3,(H,41,42)/t16-,18?,21+,28?/m0/s1. The molecule has 1 N–H and O–H groups in total. The third-order valence-corrected chi connectivity index (χ3v) is 9.69. The molecule has 2 fully saturated rings. The van der Waals surface area contributed by atoms with Gasteiger partial charge >= 0.3 is 12.1 Å². The van der Waals surface area contributed by atoms with Gasteiger partial charge in [0, 0.05) is 43.2 Å². The number of ether oxygens (including phenoxy) is 1. The van der Waals surface area contributed by atoms with Crippen molar-refractivity contribution in [1.82, 2.24) is 24.8 Å². The summed E-state index contributed by atoms with van der Waals surface area (Å²) in [6, 6.07) is 2.39. The summed E-state index contributed by atoms with van der Waals surface area (Å²) in [4.78, 5) is 43.0. The molecule has 1 saturated carbocycles. The molecule has 2 amide bonds. The normalized spacial score (nSPS) is 26.0. The van der Waals surface area contributed by atoms with Gasteiger partial charge < -0.3 is 19.6 Å². The number of halogens is 4. The zero-order valence-electron chi connectivity index (χ0n) is 24.3. The van der Waals surface area contributed by atoms with Gasteiger partial charge in [0.15, 0.2) is 5.69 Å². The molecule has 14 heteroatoms. The highest BCUT2D eigenvalue weighted by atomic mass is 35.5. The van der Waals surface area contributed by atoms with Crippen molar-refractivity contribution in [3.05, 3.63) is 39.7 Å². The lowest BCUT2D eigenvalue weighted by Gasteiger charge is -2.45. The molecule has 2 unspecified atom stereocenters. The Bertz CT molecular complexity index is 1430. The number of carboxylic acids is 1. The van der Waals surface area contributed by atoms with E-state index in [0.29, 0.717) is 59.5 Å². The molecule has 3 aliphatic rings. The van der Waals surface area contributed by atoms with E-state index in [4.69, 9.17) is 16.3 Å². The number of carbonyl (C=O) groups excluding carboxylic acids is 2. The Hall–Kier alpha value is -3.35. The highest BCUT2D eigenvalue weighted by Gasteiger charge is 2.50. The molecule has 1 aliphatic carbocycles. The lowest BCUT2D eigenvalue weighted by Crippen LogP contribution is -2.52. The molecule has 234 valence electrons. The Balaban J connectivity index is 1.55. The highest BCUT2D eigenvalue weighted by Crippen LogP contribution is 2.47. The number of nitrogens with zero attached hydrogens (tertiary/aromatic N) is 5. The van der Waals surface area contributed by atoms with Gasteiger partial charge in [-0.15, -0.1) is 5.10 Å². The molecule has 0 spiro atoms. The van der Waals surface area contributed by atoms with Crippen LogP contribution >= 0.6 is 11.6 Å². The number of aliphatic carboxylic acids is 1. The van der Waals surface area contributed by atoms with Crippen molar-refractivity contribution in [2.75, 3.05) is 19.6 Å². The first-order chi connectivity index (χ1) is 20.2. The molecule has 2 aliphatic heterocycles. The average molecular weight is 626 g/mol.